The molecule has 2 fully saturated rings. The summed E-state index contributed by atoms with van der Waals surface area (Å²) < 4.78 is 0. The molecule has 0 atom stereocenters. The minimum absolute atomic E-state index is 0.0935. The summed E-state index contributed by atoms with van der Waals surface area (Å²) in [6.07, 6.45) is 6.35. The Hall–Kier alpha value is -2.12. The highest BCUT2D eigenvalue weighted by Gasteiger charge is 2.27. The molecule has 3 heterocycles. The summed E-state index contributed by atoms with van der Waals surface area (Å²) in [6.45, 7) is 4.95. The zero-order valence-electron chi connectivity index (χ0n) is 15.1. The van der Waals surface area contributed by atoms with E-state index in [1.54, 1.807) is 0 Å². The number of fused-ring (bicyclic) bond motifs is 1. The zero-order valence-corrected chi connectivity index (χ0v) is 15.1. The first kappa shape index (κ1) is 17.3. The maximum atomic E-state index is 12.2. The summed E-state index contributed by atoms with van der Waals surface area (Å²) in [6, 6.07) is 6.84. The van der Waals surface area contributed by atoms with Crippen LogP contribution in [0, 0.1) is 0 Å². The number of carbonyl (C=O) groups excluding carboxylic acids is 1. The fourth-order valence-corrected chi connectivity index (χ4v) is 4.11. The highest BCUT2D eigenvalue weighted by molar-refractivity contribution is 5.76. The van der Waals surface area contributed by atoms with Gasteiger partial charge in [-0.05, 0) is 43.9 Å². The van der Waals surface area contributed by atoms with E-state index in [0.29, 0.717) is 12.6 Å². The molecule has 4 N–H and O–H groups in total. The molecule has 0 unspecified atom stereocenters. The van der Waals surface area contributed by atoms with Gasteiger partial charge >= 0.3 is 6.03 Å². The first-order valence-corrected chi connectivity index (χ1v) is 9.70. The van der Waals surface area contributed by atoms with Crippen LogP contribution in [0.1, 0.15) is 31.4 Å². The molecule has 140 valence electrons. The number of aromatic nitrogens is 2. The Bertz CT molecular complexity index is 730. The monoisotopic (exact) mass is 356 g/mol. The number of urea groups is 1. The van der Waals surface area contributed by atoms with Crippen LogP contribution in [0.3, 0.4) is 0 Å². The average Bonchev–Trinajstić information content (AvgIpc) is 3.15. The van der Waals surface area contributed by atoms with Crippen molar-refractivity contribution >= 4 is 17.1 Å². The lowest BCUT2D eigenvalue weighted by Crippen LogP contribution is -2.51. The van der Waals surface area contributed by atoms with Gasteiger partial charge in [-0.3, -0.25) is 4.90 Å². The standard InChI is InChI=1S/C19H28N6O/c26-19(22-13-16-2-1-14-7-8-21-18(14)23-16)24-15-3-5-17(6-4-15)25-11-9-20-10-12-25/h1-2,7-8,15,17,20H,3-6,9-13H2,(H,21,23)(H2,22,24,26). The van der Waals surface area contributed by atoms with E-state index in [1.165, 1.54) is 12.8 Å². The molecule has 1 aliphatic carbocycles. The number of nitrogens with zero attached hydrogens (tertiary/aromatic N) is 2. The molecule has 0 radical (unpaired) electrons. The lowest BCUT2D eigenvalue weighted by atomic mass is 9.90. The fraction of sp³-hybridized carbons (Fsp3) is 0.579. The van der Waals surface area contributed by atoms with Crippen LogP contribution < -0.4 is 16.0 Å². The molecule has 1 saturated heterocycles. The molecule has 2 amide bonds. The molecule has 2 aromatic heterocycles. The molecule has 0 bridgehead atoms. The van der Waals surface area contributed by atoms with Crippen molar-refractivity contribution in [3.63, 3.8) is 0 Å². The molecule has 2 aromatic rings. The Balaban J connectivity index is 1.20. The van der Waals surface area contributed by atoms with E-state index < -0.39 is 0 Å². The molecule has 0 aromatic carbocycles. The van der Waals surface area contributed by atoms with E-state index in [9.17, 15) is 4.79 Å². The number of nitrogens with one attached hydrogen (secondary N) is 4. The van der Waals surface area contributed by atoms with Crippen molar-refractivity contribution in [3.8, 4) is 0 Å². The number of piperazine rings is 1. The van der Waals surface area contributed by atoms with E-state index >= 15 is 0 Å². The zero-order chi connectivity index (χ0) is 17.8. The third-order valence-corrected chi connectivity index (χ3v) is 5.60. The second-order valence-electron chi connectivity index (χ2n) is 7.34. The molecular formula is C19H28N6O. The summed E-state index contributed by atoms with van der Waals surface area (Å²) >= 11 is 0. The van der Waals surface area contributed by atoms with Crippen molar-refractivity contribution in [2.45, 2.75) is 44.3 Å². The lowest BCUT2D eigenvalue weighted by molar-refractivity contribution is 0.129. The van der Waals surface area contributed by atoms with Gasteiger partial charge in [-0.25, -0.2) is 9.78 Å². The largest absolute Gasteiger partial charge is 0.346 e. The first-order valence-electron chi connectivity index (χ1n) is 9.70. The van der Waals surface area contributed by atoms with E-state index in [4.69, 9.17) is 0 Å². The summed E-state index contributed by atoms with van der Waals surface area (Å²) in [5, 5.41) is 10.6. The van der Waals surface area contributed by atoms with Gasteiger partial charge in [0.05, 0.1) is 12.2 Å². The number of carbonyl (C=O) groups is 1. The second kappa shape index (κ2) is 8.05. The van der Waals surface area contributed by atoms with Crippen LogP contribution in [-0.4, -0.2) is 59.2 Å². The van der Waals surface area contributed by atoms with Gasteiger partial charge in [-0.15, -0.1) is 0 Å². The van der Waals surface area contributed by atoms with Gasteiger partial charge in [0.2, 0.25) is 0 Å². The van der Waals surface area contributed by atoms with Crippen LogP contribution in [-0.2, 0) is 6.54 Å². The van der Waals surface area contributed by atoms with Crippen molar-refractivity contribution in [3.05, 3.63) is 30.1 Å². The van der Waals surface area contributed by atoms with Crippen LogP contribution in [0.5, 0.6) is 0 Å². The van der Waals surface area contributed by atoms with Crippen molar-refractivity contribution in [1.29, 1.82) is 0 Å². The smallest absolute Gasteiger partial charge is 0.315 e. The van der Waals surface area contributed by atoms with E-state index in [0.717, 1.165) is 55.7 Å². The highest BCUT2D eigenvalue weighted by atomic mass is 16.2. The molecule has 4 rings (SSSR count). The van der Waals surface area contributed by atoms with Crippen molar-refractivity contribution in [1.82, 2.24) is 30.8 Å². The molecule has 1 saturated carbocycles. The summed E-state index contributed by atoms with van der Waals surface area (Å²) in [5.74, 6) is 0. The van der Waals surface area contributed by atoms with Crippen molar-refractivity contribution in [2.24, 2.45) is 0 Å². The maximum Gasteiger partial charge on any atom is 0.315 e. The lowest BCUT2D eigenvalue weighted by Gasteiger charge is -2.39. The quantitative estimate of drug-likeness (QED) is 0.670. The van der Waals surface area contributed by atoms with Crippen LogP contribution in [0.15, 0.2) is 24.4 Å². The summed E-state index contributed by atoms with van der Waals surface area (Å²) in [7, 11) is 0. The summed E-state index contributed by atoms with van der Waals surface area (Å²) in [4.78, 5) is 22.4. The Morgan fingerprint density at radius 1 is 1.15 bits per heavy atom. The van der Waals surface area contributed by atoms with Crippen LogP contribution in [0.4, 0.5) is 4.79 Å². The van der Waals surface area contributed by atoms with Gasteiger partial charge in [0, 0.05) is 49.8 Å². The highest BCUT2D eigenvalue weighted by Crippen LogP contribution is 2.23. The third kappa shape index (κ3) is 4.16. The van der Waals surface area contributed by atoms with E-state index in [-0.39, 0.29) is 12.1 Å². The third-order valence-electron chi connectivity index (χ3n) is 5.60. The molecule has 7 heteroatoms. The molecule has 1 aliphatic heterocycles. The predicted octanol–water partition coefficient (Wildman–Crippen LogP) is 1.58. The summed E-state index contributed by atoms with van der Waals surface area (Å²) in [5.41, 5.74) is 1.72. The molecule has 26 heavy (non-hydrogen) atoms. The second-order valence-corrected chi connectivity index (χ2v) is 7.34. The van der Waals surface area contributed by atoms with Gasteiger partial charge in [-0.1, -0.05) is 0 Å². The van der Waals surface area contributed by atoms with Crippen LogP contribution in [0.25, 0.3) is 11.0 Å². The van der Waals surface area contributed by atoms with Gasteiger partial charge in [0.1, 0.15) is 5.65 Å². The van der Waals surface area contributed by atoms with Gasteiger partial charge < -0.3 is 20.9 Å². The molecule has 0 spiro atoms. The van der Waals surface area contributed by atoms with Crippen molar-refractivity contribution in [2.75, 3.05) is 26.2 Å². The Morgan fingerprint density at radius 3 is 2.77 bits per heavy atom. The molecule has 7 nitrogen and oxygen atoms in total. The molecular weight excluding hydrogens is 328 g/mol. The average molecular weight is 356 g/mol. The number of amides is 2. The maximum absolute atomic E-state index is 12.2. The van der Waals surface area contributed by atoms with Crippen LogP contribution in [0.2, 0.25) is 0 Å². The number of pyridine rings is 1. The number of rotatable bonds is 4. The minimum atomic E-state index is -0.0935. The topological polar surface area (TPSA) is 85.1 Å². The van der Waals surface area contributed by atoms with Gasteiger partial charge in [0.25, 0.3) is 0 Å². The van der Waals surface area contributed by atoms with Gasteiger partial charge in [0.15, 0.2) is 0 Å². The SMILES string of the molecule is O=C(NCc1ccc2cc[nH]c2n1)NC1CCC(N2CCNCC2)CC1. The predicted molar refractivity (Wildman–Crippen MR) is 102 cm³/mol. The fourth-order valence-electron chi connectivity index (χ4n) is 4.11. The first-order chi connectivity index (χ1) is 12.8. The number of hydrogen-bond acceptors (Lipinski definition) is 4. The Labute approximate surface area is 153 Å². The number of hydrogen-bond donors (Lipinski definition) is 4. The normalized spacial score (nSPS) is 24.5. The number of aromatic amines is 1. The van der Waals surface area contributed by atoms with Crippen LogP contribution >= 0.6 is 0 Å². The number of H-pyrrole nitrogens is 1. The molecule has 2 aliphatic rings. The van der Waals surface area contributed by atoms with E-state index in [1.807, 2.05) is 24.4 Å². The van der Waals surface area contributed by atoms with E-state index in [2.05, 4.69) is 30.8 Å². The minimum Gasteiger partial charge on any atom is -0.346 e. The Morgan fingerprint density at radius 2 is 1.96 bits per heavy atom. The van der Waals surface area contributed by atoms with Gasteiger partial charge in [-0.2, -0.15) is 0 Å². The Kier molecular flexibility index (Phi) is 5.36. The van der Waals surface area contributed by atoms with Crippen molar-refractivity contribution < 1.29 is 4.79 Å².